The highest BCUT2D eigenvalue weighted by Gasteiger charge is 2.19. The van der Waals surface area contributed by atoms with E-state index in [4.69, 9.17) is 10.5 Å². The number of ether oxygens (including phenoxy) is 1. The second-order valence-electron chi connectivity index (χ2n) is 3.11. The van der Waals surface area contributed by atoms with E-state index >= 15 is 0 Å². The van der Waals surface area contributed by atoms with Crippen molar-refractivity contribution in [3.05, 3.63) is 34.3 Å². The molecule has 1 unspecified atom stereocenters. The Morgan fingerprint density at radius 3 is 3.07 bits per heavy atom. The van der Waals surface area contributed by atoms with E-state index in [2.05, 4.69) is 27.0 Å². The minimum Gasteiger partial charge on any atom is -0.477 e. The van der Waals surface area contributed by atoms with Gasteiger partial charge in [0.15, 0.2) is 5.90 Å². The second-order valence-corrected chi connectivity index (χ2v) is 4.02. The average Bonchev–Trinajstić information content (AvgIpc) is 2.66. The first-order valence-corrected chi connectivity index (χ1v) is 5.24. The molecular weight excluding hydrogens is 244 g/mol. The van der Waals surface area contributed by atoms with Gasteiger partial charge < -0.3 is 10.5 Å². The van der Waals surface area contributed by atoms with Gasteiger partial charge in [0, 0.05) is 4.47 Å². The Labute approximate surface area is 91.1 Å². The summed E-state index contributed by atoms with van der Waals surface area (Å²) in [5, 5.41) is 0. The highest BCUT2D eigenvalue weighted by molar-refractivity contribution is 9.10. The number of rotatable bonds is 2. The molecule has 0 radical (unpaired) electrons. The lowest BCUT2D eigenvalue weighted by Gasteiger charge is -2.04. The van der Waals surface area contributed by atoms with Crippen LogP contribution >= 0.6 is 15.9 Å². The molecule has 1 aromatic rings. The predicted molar refractivity (Wildman–Crippen MR) is 59.3 cm³/mol. The van der Waals surface area contributed by atoms with Crippen molar-refractivity contribution in [3.8, 4) is 0 Å². The number of hydrogen-bond acceptors (Lipinski definition) is 3. The molecule has 1 aliphatic heterocycles. The number of nitrogens with two attached hydrogens (primary N) is 1. The van der Waals surface area contributed by atoms with E-state index in [1.807, 2.05) is 18.2 Å². The quantitative estimate of drug-likeness (QED) is 0.877. The van der Waals surface area contributed by atoms with Crippen LogP contribution in [0.5, 0.6) is 0 Å². The van der Waals surface area contributed by atoms with E-state index in [-0.39, 0.29) is 6.04 Å². The first kappa shape index (κ1) is 9.68. The SMILES string of the molecule is NCC1=NC(c2cccc(Br)c2)CO1. The van der Waals surface area contributed by atoms with E-state index < -0.39 is 0 Å². The molecule has 0 saturated carbocycles. The molecule has 1 aromatic carbocycles. The molecule has 4 heteroatoms. The van der Waals surface area contributed by atoms with Gasteiger partial charge in [-0.1, -0.05) is 28.1 Å². The smallest absolute Gasteiger partial charge is 0.198 e. The molecule has 14 heavy (non-hydrogen) atoms. The van der Waals surface area contributed by atoms with Crippen LogP contribution in [-0.4, -0.2) is 19.0 Å². The summed E-state index contributed by atoms with van der Waals surface area (Å²) in [6, 6.07) is 8.19. The summed E-state index contributed by atoms with van der Waals surface area (Å²) in [5.41, 5.74) is 6.59. The molecule has 1 aliphatic rings. The molecule has 74 valence electrons. The third kappa shape index (κ3) is 1.96. The number of nitrogens with zero attached hydrogens (tertiary/aromatic N) is 1. The van der Waals surface area contributed by atoms with Gasteiger partial charge in [-0.05, 0) is 17.7 Å². The van der Waals surface area contributed by atoms with E-state index in [0.29, 0.717) is 19.0 Å². The third-order valence-electron chi connectivity index (χ3n) is 2.12. The Kier molecular flexibility index (Phi) is 2.84. The minimum absolute atomic E-state index is 0.103. The molecule has 0 fully saturated rings. The summed E-state index contributed by atoms with van der Waals surface area (Å²) in [6.45, 7) is 0.980. The lowest BCUT2D eigenvalue weighted by molar-refractivity contribution is 0.315. The van der Waals surface area contributed by atoms with Gasteiger partial charge in [0.1, 0.15) is 12.6 Å². The van der Waals surface area contributed by atoms with Crippen molar-refractivity contribution in [3.63, 3.8) is 0 Å². The van der Waals surface area contributed by atoms with Crippen molar-refractivity contribution < 1.29 is 4.74 Å². The molecule has 0 saturated heterocycles. The fourth-order valence-corrected chi connectivity index (χ4v) is 1.84. The third-order valence-corrected chi connectivity index (χ3v) is 2.61. The van der Waals surface area contributed by atoms with Gasteiger partial charge in [0.2, 0.25) is 0 Å². The summed E-state index contributed by atoms with van der Waals surface area (Å²) in [5.74, 6) is 0.648. The van der Waals surface area contributed by atoms with E-state index in [1.165, 1.54) is 0 Å². The van der Waals surface area contributed by atoms with Crippen LogP contribution in [-0.2, 0) is 4.74 Å². The van der Waals surface area contributed by atoms with Crippen LogP contribution in [0.1, 0.15) is 11.6 Å². The largest absolute Gasteiger partial charge is 0.477 e. The van der Waals surface area contributed by atoms with Crippen LogP contribution in [0.15, 0.2) is 33.7 Å². The fraction of sp³-hybridized carbons (Fsp3) is 0.300. The Bertz CT molecular complexity index is 365. The van der Waals surface area contributed by atoms with Gasteiger partial charge in [-0.2, -0.15) is 0 Å². The molecule has 0 bridgehead atoms. The van der Waals surface area contributed by atoms with Crippen molar-refractivity contribution >= 4 is 21.8 Å². The number of aliphatic imine (C=N–C) groups is 1. The van der Waals surface area contributed by atoms with E-state index in [0.717, 1.165) is 10.0 Å². The van der Waals surface area contributed by atoms with Crippen LogP contribution < -0.4 is 5.73 Å². The minimum atomic E-state index is 0.103. The van der Waals surface area contributed by atoms with Crippen LogP contribution in [0, 0.1) is 0 Å². The summed E-state index contributed by atoms with van der Waals surface area (Å²) < 4.78 is 6.38. The zero-order valence-corrected chi connectivity index (χ0v) is 9.20. The monoisotopic (exact) mass is 254 g/mol. The Morgan fingerprint density at radius 1 is 1.57 bits per heavy atom. The lowest BCUT2D eigenvalue weighted by atomic mass is 10.1. The average molecular weight is 255 g/mol. The summed E-state index contributed by atoms with van der Waals surface area (Å²) in [6.07, 6.45) is 0. The van der Waals surface area contributed by atoms with Crippen LogP contribution in [0.2, 0.25) is 0 Å². The zero-order valence-electron chi connectivity index (χ0n) is 7.61. The van der Waals surface area contributed by atoms with Crippen molar-refractivity contribution in [1.29, 1.82) is 0 Å². The van der Waals surface area contributed by atoms with Gasteiger partial charge in [-0.25, -0.2) is 4.99 Å². The van der Waals surface area contributed by atoms with Crippen molar-refractivity contribution in [2.24, 2.45) is 10.7 Å². The molecule has 0 aromatic heterocycles. The van der Waals surface area contributed by atoms with Crippen molar-refractivity contribution in [1.82, 2.24) is 0 Å². The van der Waals surface area contributed by atoms with Crippen molar-refractivity contribution in [2.75, 3.05) is 13.2 Å². The summed E-state index contributed by atoms with van der Waals surface area (Å²) >= 11 is 3.43. The highest BCUT2D eigenvalue weighted by Crippen LogP contribution is 2.24. The number of halogens is 1. The first-order chi connectivity index (χ1) is 6.79. The lowest BCUT2D eigenvalue weighted by Crippen LogP contribution is -2.13. The molecule has 1 atom stereocenters. The van der Waals surface area contributed by atoms with E-state index in [1.54, 1.807) is 0 Å². The maximum absolute atomic E-state index is 5.44. The summed E-state index contributed by atoms with van der Waals surface area (Å²) in [4.78, 5) is 4.37. The van der Waals surface area contributed by atoms with Gasteiger partial charge in [-0.15, -0.1) is 0 Å². The maximum atomic E-state index is 5.44. The van der Waals surface area contributed by atoms with Gasteiger partial charge in [-0.3, -0.25) is 0 Å². The Morgan fingerprint density at radius 2 is 2.43 bits per heavy atom. The molecule has 0 amide bonds. The van der Waals surface area contributed by atoms with Crippen LogP contribution in [0.4, 0.5) is 0 Å². The van der Waals surface area contributed by atoms with Crippen LogP contribution in [0.25, 0.3) is 0 Å². The molecule has 2 rings (SSSR count). The Balaban J connectivity index is 2.21. The first-order valence-electron chi connectivity index (χ1n) is 4.44. The molecular formula is C10H11BrN2O. The van der Waals surface area contributed by atoms with Gasteiger partial charge in [0.05, 0.1) is 6.54 Å². The Hall–Kier alpha value is -0.870. The fourth-order valence-electron chi connectivity index (χ4n) is 1.42. The predicted octanol–water partition coefficient (Wildman–Crippen LogP) is 1.88. The van der Waals surface area contributed by atoms with E-state index in [9.17, 15) is 0 Å². The van der Waals surface area contributed by atoms with Gasteiger partial charge >= 0.3 is 0 Å². The molecule has 2 N–H and O–H groups in total. The van der Waals surface area contributed by atoms with Gasteiger partial charge in [0.25, 0.3) is 0 Å². The highest BCUT2D eigenvalue weighted by atomic mass is 79.9. The summed E-state index contributed by atoms with van der Waals surface area (Å²) in [7, 11) is 0. The molecule has 1 heterocycles. The van der Waals surface area contributed by atoms with Crippen LogP contribution in [0.3, 0.4) is 0 Å². The standard InChI is InChI=1S/C10H11BrN2O/c11-8-3-1-2-7(4-8)9-6-14-10(5-12)13-9/h1-4,9H,5-6,12H2. The number of benzene rings is 1. The molecule has 3 nitrogen and oxygen atoms in total. The number of hydrogen-bond donors (Lipinski definition) is 1. The maximum Gasteiger partial charge on any atom is 0.198 e. The van der Waals surface area contributed by atoms with Crippen molar-refractivity contribution in [2.45, 2.75) is 6.04 Å². The molecule has 0 aliphatic carbocycles. The second kappa shape index (κ2) is 4.11. The normalized spacial score (nSPS) is 20.4. The zero-order chi connectivity index (χ0) is 9.97. The topological polar surface area (TPSA) is 47.6 Å². The molecule has 0 spiro atoms.